The first-order valence-corrected chi connectivity index (χ1v) is 12.8. The fourth-order valence-electron chi connectivity index (χ4n) is 3.69. The Morgan fingerprint density at radius 1 is 1.34 bits per heavy atom. The second-order valence-electron chi connectivity index (χ2n) is 7.21. The highest BCUT2D eigenvalue weighted by Crippen LogP contribution is 2.27. The quantitative estimate of drug-likeness (QED) is 0.587. The van der Waals surface area contributed by atoms with E-state index in [1.54, 1.807) is 21.6 Å². The molecule has 2 saturated heterocycles. The lowest BCUT2D eigenvalue weighted by Gasteiger charge is -2.30. The van der Waals surface area contributed by atoms with Crippen molar-refractivity contribution in [2.45, 2.75) is 36.6 Å². The van der Waals surface area contributed by atoms with E-state index < -0.39 is 9.84 Å². The molecule has 29 heavy (non-hydrogen) atoms. The van der Waals surface area contributed by atoms with Gasteiger partial charge in [-0.05, 0) is 25.3 Å². The first kappa shape index (κ1) is 21.2. The number of hydrogen-bond acceptors (Lipinski definition) is 7. The molecular weight excluding hydrogens is 459 g/mol. The van der Waals surface area contributed by atoms with Crippen LogP contribution in [0.1, 0.15) is 19.3 Å². The summed E-state index contributed by atoms with van der Waals surface area (Å²) in [5, 5.41) is 9.44. The van der Waals surface area contributed by atoms with Gasteiger partial charge in [0.1, 0.15) is 0 Å². The maximum Gasteiger partial charge on any atom is 0.233 e. The molecule has 0 N–H and O–H groups in total. The van der Waals surface area contributed by atoms with E-state index in [1.165, 1.54) is 11.8 Å². The third-order valence-corrected chi connectivity index (χ3v) is 8.28. The lowest BCUT2D eigenvalue weighted by Crippen LogP contribution is -2.46. The molecule has 0 bridgehead atoms. The van der Waals surface area contributed by atoms with Crippen LogP contribution in [0.4, 0.5) is 0 Å². The van der Waals surface area contributed by atoms with Gasteiger partial charge in [0.2, 0.25) is 5.91 Å². The van der Waals surface area contributed by atoms with Crippen molar-refractivity contribution in [1.82, 2.24) is 19.5 Å². The molecule has 0 radical (unpaired) electrons. The molecule has 158 valence electrons. The Labute approximate surface area is 182 Å². The number of pyridine rings is 1. The van der Waals surface area contributed by atoms with Crippen molar-refractivity contribution in [3.05, 3.63) is 22.3 Å². The van der Waals surface area contributed by atoms with Crippen LogP contribution in [0.5, 0.6) is 0 Å². The van der Waals surface area contributed by atoms with E-state index in [-0.39, 0.29) is 35.3 Å². The molecule has 8 nitrogen and oxygen atoms in total. The summed E-state index contributed by atoms with van der Waals surface area (Å²) in [4.78, 5) is 14.7. The van der Waals surface area contributed by atoms with Gasteiger partial charge in [-0.15, -0.1) is 10.2 Å². The maximum atomic E-state index is 13.0. The molecule has 0 unspecified atom stereocenters. The predicted octanol–water partition coefficient (Wildman–Crippen LogP) is 2.32. The minimum absolute atomic E-state index is 0.00913. The van der Waals surface area contributed by atoms with Crippen LogP contribution in [0.3, 0.4) is 0 Å². The third kappa shape index (κ3) is 4.82. The fourth-order valence-corrected chi connectivity index (χ4v) is 6.73. The molecule has 2 atom stereocenters. The number of carbonyl (C=O) groups is 1. The zero-order valence-electron chi connectivity index (χ0n) is 15.5. The van der Waals surface area contributed by atoms with Crippen LogP contribution in [0, 0.1) is 0 Å². The lowest BCUT2D eigenvalue weighted by atomic mass is 10.1. The molecule has 2 aliphatic heterocycles. The Bertz CT molecular complexity index is 1020. The van der Waals surface area contributed by atoms with E-state index in [2.05, 4.69) is 10.2 Å². The largest absolute Gasteiger partial charge is 0.376 e. The van der Waals surface area contributed by atoms with Crippen molar-refractivity contribution in [2.75, 3.05) is 30.4 Å². The van der Waals surface area contributed by atoms with Gasteiger partial charge in [0.15, 0.2) is 20.6 Å². The Morgan fingerprint density at radius 3 is 2.86 bits per heavy atom. The second kappa shape index (κ2) is 8.58. The molecule has 12 heteroatoms. The number of nitrogens with zero attached hydrogens (tertiary/aromatic N) is 4. The number of fused-ring (bicyclic) bond motifs is 1. The first-order chi connectivity index (χ1) is 13.8. The van der Waals surface area contributed by atoms with Gasteiger partial charge in [-0.1, -0.05) is 35.0 Å². The second-order valence-corrected chi connectivity index (χ2v) is 11.2. The van der Waals surface area contributed by atoms with Gasteiger partial charge in [0, 0.05) is 25.4 Å². The summed E-state index contributed by atoms with van der Waals surface area (Å²) in [7, 11) is -3.10. The minimum atomic E-state index is -3.10. The molecule has 0 aromatic carbocycles. The molecule has 0 saturated carbocycles. The number of halogens is 2. The zero-order valence-corrected chi connectivity index (χ0v) is 18.6. The van der Waals surface area contributed by atoms with Gasteiger partial charge in [0.05, 0.1) is 33.4 Å². The monoisotopic (exact) mass is 478 g/mol. The SMILES string of the molecule is O=C(CSc1nnc2c(Cl)cc(Cl)cn12)N(C[C@@H]1CCCO1)[C@@H]1CCS(=O)(=O)C1. The van der Waals surface area contributed by atoms with Crippen molar-refractivity contribution in [2.24, 2.45) is 0 Å². The van der Waals surface area contributed by atoms with E-state index in [9.17, 15) is 13.2 Å². The summed E-state index contributed by atoms with van der Waals surface area (Å²) < 4.78 is 31.2. The average molecular weight is 479 g/mol. The van der Waals surface area contributed by atoms with Crippen LogP contribution in [0.25, 0.3) is 5.65 Å². The normalized spacial score (nSPS) is 23.7. The van der Waals surface area contributed by atoms with Crippen LogP contribution >= 0.6 is 35.0 Å². The van der Waals surface area contributed by atoms with Gasteiger partial charge in [-0.2, -0.15) is 0 Å². The number of carbonyl (C=O) groups excluding carboxylic acids is 1. The third-order valence-electron chi connectivity index (χ3n) is 5.11. The summed E-state index contributed by atoms with van der Waals surface area (Å²) in [6.45, 7) is 1.09. The molecule has 4 rings (SSSR count). The molecule has 1 amide bonds. The first-order valence-electron chi connectivity index (χ1n) is 9.26. The smallest absolute Gasteiger partial charge is 0.233 e. The summed E-state index contributed by atoms with van der Waals surface area (Å²) >= 11 is 13.4. The number of thioether (sulfide) groups is 1. The molecule has 2 aromatic heterocycles. The lowest BCUT2D eigenvalue weighted by molar-refractivity contribution is -0.131. The number of amides is 1. The van der Waals surface area contributed by atoms with E-state index in [4.69, 9.17) is 27.9 Å². The predicted molar refractivity (Wildman–Crippen MR) is 111 cm³/mol. The highest BCUT2D eigenvalue weighted by Gasteiger charge is 2.36. The van der Waals surface area contributed by atoms with Gasteiger partial charge in [-0.25, -0.2) is 8.42 Å². The number of sulfone groups is 1. The zero-order chi connectivity index (χ0) is 20.6. The number of ether oxygens (including phenoxy) is 1. The summed E-state index contributed by atoms with van der Waals surface area (Å²) in [5.41, 5.74) is 0.462. The van der Waals surface area contributed by atoms with E-state index in [0.717, 1.165) is 12.8 Å². The van der Waals surface area contributed by atoms with Crippen LogP contribution in [0.2, 0.25) is 10.0 Å². The van der Waals surface area contributed by atoms with Crippen molar-refractivity contribution < 1.29 is 17.9 Å². The molecule has 4 heterocycles. The van der Waals surface area contributed by atoms with Crippen LogP contribution in [-0.4, -0.2) is 76.4 Å². The van der Waals surface area contributed by atoms with Crippen molar-refractivity contribution in [1.29, 1.82) is 0 Å². The summed E-state index contributed by atoms with van der Waals surface area (Å²) in [5.74, 6) is 0.0902. The highest BCUT2D eigenvalue weighted by molar-refractivity contribution is 7.99. The maximum absolute atomic E-state index is 13.0. The number of hydrogen-bond donors (Lipinski definition) is 0. The Kier molecular flexibility index (Phi) is 6.27. The minimum Gasteiger partial charge on any atom is -0.376 e. The Morgan fingerprint density at radius 2 is 2.17 bits per heavy atom. The van der Waals surface area contributed by atoms with Gasteiger partial charge in [0.25, 0.3) is 0 Å². The van der Waals surface area contributed by atoms with Gasteiger partial charge < -0.3 is 9.64 Å². The van der Waals surface area contributed by atoms with Crippen molar-refractivity contribution in [3.8, 4) is 0 Å². The van der Waals surface area contributed by atoms with Gasteiger partial charge >= 0.3 is 0 Å². The average Bonchev–Trinajstić information content (AvgIpc) is 3.38. The Balaban J connectivity index is 1.49. The molecule has 0 spiro atoms. The molecule has 2 aliphatic rings. The molecule has 0 aliphatic carbocycles. The molecular formula is C17H20Cl2N4O4S2. The van der Waals surface area contributed by atoms with Gasteiger partial charge in [-0.3, -0.25) is 9.20 Å². The molecule has 2 fully saturated rings. The van der Waals surface area contributed by atoms with Crippen molar-refractivity contribution >= 4 is 56.4 Å². The van der Waals surface area contributed by atoms with E-state index >= 15 is 0 Å². The number of aromatic nitrogens is 3. The van der Waals surface area contributed by atoms with E-state index in [1.807, 2.05) is 0 Å². The standard InChI is InChI=1S/C17H20Cl2N4O4S2/c18-11-6-14(19)16-20-21-17(23(16)7-11)28-9-15(24)22(8-13-2-1-4-27-13)12-3-5-29(25,26)10-12/h6-7,12-13H,1-5,8-10H2/t12-,13+/m1/s1. The highest BCUT2D eigenvalue weighted by atomic mass is 35.5. The Hall–Kier alpha value is -1.07. The fraction of sp³-hybridized carbons (Fsp3) is 0.588. The van der Waals surface area contributed by atoms with E-state index in [0.29, 0.717) is 40.4 Å². The van der Waals surface area contributed by atoms with Crippen LogP contribution in [0.15, 0.2) is 17.4 Å². The number of rotatable bonds is 6. The topological polar surface area (TPSA) is 93.9 Å². The van der Waals surface area contributed by atoms with Crippen LogP contribution in [-0.2, 0) is 19.4 Å². The van der Waals surface area contributed by atoms with Crippen LogP contribution < -0.4 is 0 Å². The summed E-state index contributed by atoms with van der Waals surface area (Å²) in [6, 6.07) is 1.27. The molecule has 2 aromatic rings. The summed E-state index contributed by atoms with van der Waals surface area (Å²) in [6.07, 6.45) is 3.90. The van der Waals surface area contributed by atoms with Crippen molar-refractivity contribution in [3.63, 3.8) is 0 Å².